The van der Waals surface area contributed by atoms with E-state index in [4.69, 9.17) is 16.6 Å². The summed E-state index contributed by atoms with van der Waals surface area (Å²) in [6.45, 7) is 8.19. The zero-order valence-corrected chi connectivity index (χ0v) is 21.6. The van der Waals surface area contributed by atoms with Crippen LogP contribution >= 0.6 is 23.4 Å². The first-order chi connectivity index (χ1) is 16.0. The summed E-state index contributed by atoms with van der Waals surface area (Å²) < 4.78 is 0. The Labute approximate surface area is 208 Å². The lowest BCUT2D eigenvalue weighted by Gasteiger charge is -2.39. The minimum Gasteiger partial charge on any atom is -0.378 e. The van der Waals surface area contributed by atoms with E-state index >= 15 is 0 Å². The molecular formula is C24H42ClN5O2S. The van der Waals surface area contributed by atoms with Gasteiger partial charge in [-0.1, -0.05) is 25.1 Å². The molecule has 1 aliphatic carbocycles. The number of hydrogen-bond acceptors (Lipinski definition) is 8. The third-order valence-electron chi connectivity index (χ3n) is 8.86. The summed E-state index contributed by atoms with van der Waals surface area (Å²) in [5.41, 5.74) is 0.110. The molecule has 188 valence electrons. The van der Waals surface area contributed by atoms with Gasteiger partial charge in [-0.2, -0.15) is 0 Å². The first kappa shape index (κ1) is 24.6. The number of aliphatic hydroxyl groups excluding tert-OH is 2. The highest BCUT2D eigenvalue weighted by atomic mass is 35.5. The molecular weight excluding hydrogens is 458 g/mol. The van der Waals surface area contributed by atoms with Crippen molar-refractivity contribution in [2.24, 2.45) is 16.3 Å². The number of nitrogens with zero attached hydrogens (tertiary/aromatic N) is 4. The van der Waals surface area contributed by atoms with Gasteiger partial charge in [-0.15, -0.1) is 11.6 Å². The number of hydrogen-bond donors (Lipinski definition) is 3. The van der Waals surface area contributed by atoms with Crippen LogP contribution in [0.25, 0.3) is 0 Å². The molecule has 0 amide bonds. The van der Waals surface area contributed by atoms with Crippen molar-refractivity contribution in [1.82, 2.24) is 20.0 Å². The first-order valence-electron chi connectivity index (χ1n) is 13.2. The van der Waals surface area contributed by atoms with Crippen molar-refractivity contribution >= 4 is 28.5 Å². The number of thioether (sulfide) groups is 1. The third-order valence-corrected chi connectivity index (χ3v) is 10.3. The Hall–Kier alpha value is -0.0900. The molecule has 9 heteroatoms. The van der Waals surface area contributed by atoms with Gasteiger partial charge in [0.1, 0.15) is 6.23 Å². The lowest BCUT2D eigenvalue weighted by Crippen LogP contribution is -2.51. The second kappa shape index (κ2) is 10.5. The van der Waals surface area contributed by atoms with Crippen LogP contribution in [0.3, 0.4) is 0 Å². The van der Waals surface area contributed by atoms with Gasteiger partial charge in [-0.3, -0.25) is 14.8 Å². The number of piperidine rings is 1. The van der Waals surface area contributed by atoms with Crippen LogP contribution in [-0.4, -0.2) is 105 Å². The van der Waals surface area contributed by atoms with Gasteiger partial charge < -0.3 is 20.4 Å². The molecule has 33 heavy (non-hydrogen) atoms. The quantitative estimate of drug-likeness (QED) is 0.382. The highest BCUT2D eigenvalue weighted by molar-refractivity contribution is 8.14. The minimum atomic E-state index is -0.714. The molecule has 1 spiro atoms. The van der Waals surface area contributed by atoms with Gasteiger partial charge in [0.15, 0.2) is 11.5 Å². The van der Waals surface area contributed by atoms with Gasteiger partial charge in [0.05, 0.1) is 6.04 Å². The van der Waals surface area contributed by atoms with Crippen molar-refractivity contribution in [3.05, 3.63) is 0 Å². The van der Waals surface area contributed by atoms with E-state index in [-0.39, 0.29) is 17.0 Å². The van der Waals surface area contributed by atoms with Crippen molar-refractivity contribution in [1.29, 1.82) is 0 Å². The largest absolute Gasteiger partial charge is 0.378 e. The van der Waals surface area contributed by atoms with Crippen LogP contribution in [0, 0.1) is 11.3 Å². The molecule has 0 aromatic rings. The highest BCUT2D eigenvalue weighted by Crippen LogP contribution is 2.53. The second-order valence-electron chi connectivity index (χ2n) is 11.0. The number of likely N-dealkylation sites (tertiary alicyclic amines) is 3. The normalized spacial score (nSPS) is 40.2. The summed E-state index contributed by atoms with van der Waals surface area (Å²) >= 11 is 8.40. The zero-order valence-electron chi connectivity index (χ0n) is 20.0. The average Bonchev–Trinajstić information content (AvgIpc) is 3.53. The van der Waals surface area contributed by atoms with Crippen molar-refractivity contribution in [2.45, 2.75) is 88.3 Å². The maximum atomic E-state index is 11.3. The van der Waals surface area contributed by atoms with E-state index in [2.05, 4.69) is 20.0 Å². The Morgan fingerprint density at radius 2 is 2.00 bits per heavy atom. The molecule has 0 aromatic carbocycles. The SMILES string of the molecule is CC[C@H](O)N1CCC2(CN(C(O)NC3=NC(CN4CCCCC4)CS3)C3CCC(Cl)CC32)C1. The van der Waals surface area contributed by atoms with Gasteiger partial charge in [-0.05, 0) is 64.0 Å². The van der Waals surface area contributed by atoms with Gasteiger partial charge in [0.25, 0.3) is 0 Å². The number of halogens is 1. The Morgan fingerprint density at radius 3 is 2.79 bits per heavy atom. The Kier molecular flexibility index (Phi) is 7.82. The Balaban J connectivity index is 1.23. The molecule has 3 saturated heterocycles. The van der Waals surface area contributed by atoms with Gasteiger partial charge >= 0.3 is 0 Å². The van der Waals surface area contributed by atoms with Gasteiger partial charge in [0.2, 0.25) is 0 Å². The zero-order chi connectivity index (χ0) is 23.0. The van der Waals surface area contributed by atoms with Crippen LogP contribution in [0.15, 0.2) is 4.99 Å². The summed E-state index contributed by atoms with van der Waals surface area (Å²) in [5, 5.41) is 26.2. The highest BCUT2D eigenvalue weighted by Gasteiger charge is 2.58. The number of amidine groups is 1. The molecule has 0 aromatic heterocycles. The van der Waals surface area contributed by atoms with E-state index in [1.165, 1.54) is 32.4 Å². The van der Waals surface area contributed by atoms with E-state index in [0.29, 0.717) is 18.0 Å². The van der Waals surface area contributed by atoms with Gasteiger partial charge in [0, 0.05) is 48.8 Å². The molecule has 6 unspecified atom stereocenters. The third kappa shape index (κ3) is 5.23. The molecule has 7 nitrogen and oxygen atoms in total. The average molecular weight is 500 g/mol. The van der Waals surface area contributed by atoms with Crippen molar-refractivity contribution in [2.75, 3.05) is 45.0 Å². The van der Waals surface area contributed by atoms with Gasteiger partial charge in [-0.25, -0.2) is 0 Å². The molecule has 7 atom stereocenters. The first-order valence-corrected chi connectivity index (χ1v) is 14.6. The fourth-order valence-corrected chi connectivity index (χ4v) is 8.38. The Bertz CT molecular complexity index is 710. The lowest BCUT2D eigenvalue weighted by molar-refractivity contribution is -0.0281. The maximum Gasteiger partial charge on any atom is 0.185 e. The fraction of sp³-hybridized carbons (Fsp3) is 0.958. The Morgan fingerprint density at radius 1 is 1.18 bits per heavy atom. The smallest absolute Gasteiger partial charge is 0.185 e. The van der Waals surface area contributed by atoms with E-state index in [1.54, 1.807) is 11.8 Å². The standard InChI is InChI=1S/C24H42ClN5O2S/c1-2-21(31)29-11-8-24(15-29)16-30(20-7-6-17(25)12-19(20)24)23(32)27-22-26-18(14-33-22)13-28-9-4-3-5-10-28/h17-21,23,31-32H,2-16H2,1H3,(H,26,27)/t17?,18?,19?,20?,21-,23?,24?/m0/s1. The van der Waals surface area contributed by atoms with Crippen LogP contribution in [0.2, 0.25) is 0 Å². The van der Waals surface area contributed by atoms with Crippen molar-refractivity contribution in [3.63, 3.8) is 0 Å². The topological polar surface area (TPSA) is 74.6 Å². The number of aliphatic hydroxyl groups is 2. The summed E-state index contributed by atoms with van der Waals surface area (Å²) in [7, 11) is 0. The molecule has 4 aliphatic heterocycles. The molecule has 4 fully saturated rings. The molecule has 0 radical (unpaired) electrons. The molecule has 5 rings (SSSR count). The second-order valence-corrected chi connectivity index (χ2v) is 12.6. The van der Waals surface area contributed by atoms with Crippen molar-refractivity contribution < 1.29 is 10.2 Å². The number of aliphatic imine (C=N–C) groups is 1. The number of fused-ring (bicyclic) bond motifs is 2. The minimum absolute atomic E-state index is 0.110. The summed E-state index contributed by atoms with van der Waals surface area (Å²) in [6, 6.07) is 0.670. The van der Waals surface area contributed by atoms with Crippen LogP contribution in [0.1, 0.15) is 58.3 Å². The number of rotatable bonds is 6. The van der Waals surface area contributed by atoms with E-state index in [9.17, 15) is 10.2 Å². The fourth-order valence-electron chi connectivity index (χ4n) is 7.12. The molecule has 5 aliphatic rings. The summed E-state index contributed by atoms with van der Waals surface area (Å²) in [6.07, 6.45) is 7.79. The molecule has 1 saturated carbocycles. The number of nitrogens with one attached hydrogen (secondary N) is 1. The molecule has 0 bridgehead atoms. The summed E-state index contributed by atoms with van der Waals surface area (Å²) in [5.74, 6) is 1.48. The van der Waals surface area contributed by atoms with Crippen LogP contribution < -0.4 is 5.32 Å². The van der Waals surface area contributed by atoms with E-state index in [0.717, 1.165) is 69.2 Å². The van der Waals surface area contributed by atoms with Crippen LogP contribution in [-0.2, 0) is 0 Å². The molecule has 3 N–H and O–H groups in total. The monoisotopic (exact) mass is 499 g/mol. The summed E-state index contributed by atoms with van der Waals surface area (Å²) in [4.78, 5) is 12.0. The van der Waals surface area contributed by atoms with Crippen LogP contribution in [0.5, 0.6) is 0 Å². The maximum absolute atomic E-state index is 11.3. The van der Waals surface area contributed by atoms with Crippen LogP contribution in [0.4, 0.5) is 0 Å². The predicted molar refractivity (Wildman–Crippen MR) is 136 cm³/mol. The predicted octanol–water partition coefficient (Wildman–Crippen LogP) is 2.32. The number of alkyl halides is 1. The van der Waals surface area contributed by atoms with E-state index in [1.807, 2.05) is 6.92 Å². The lowest BCUT2D eigenvalue weighted by atomic mass is 9.69. The van der Waals surface area contributed by atoms with Crippen molar-refractivity contribution in [3.8, 4) is 0 Å². The van der Waals surface area contributed by atoms with E-state index < -0.39 is 6.35 Å². The molecule has 4 heterocycles.